The van der Waals surface area contributed by atoms with E-state index in [0.717, 1.165) is 37.7 Å². The van der Waals surface area contributed by atoms with E-state index in [0.29, 0.717) is 45.3 Å². The predicted molar refractivity (Wildman–Crippen MR) is 169 cm³/mol. The Labute approximate surface area is 267 Å². The second kappa shape index (κ2) is 13.6. The number of carbonyl (C=O) groups excluding carboxylic acids is 2. The van der Waals surface area contributed by atoms with Gasteiger partial charge >= 0.3 is 0 Å². The summed E-state index contributed by atoms with van der Waals surface area (Å²) in [6, 6.07) is 14.6. The number of rotatable bonds is 11. The van der Waals surface area contributed by atoms with Crippen molar-refractivity contribution < 1.29 is 33.3 Å². The molecule has 2 heterocycles. The smallest absolute Gasteiger partial charge is 0.248 e. The second-order valence-corrected chi connectivity index (χ2v) is 11.6. The average Bonchev–Trinajstić information content (AvgIpc) is 3.74. The van der Waals surface area contributed by atoms with Gasteiger partial charge < -0.3 is 33.9 Å². The lowest BCUT2D eigenvalue weighted by Crippen LogP contribution is -2.48. The first-order valence-electron chi connectivity index (χ1n) is 15.5. The van der Waals surface area contributed by atoms with Crippen LogP contribution in [0.15, 0.2) is 54.6 Å². The molecule has 1 aliphatic heterocycles. The molecule has 4 aromatic rings. The van der Waals surface area contributed by atoms with Crippen molar-refractivity contribution in [2.24, 2.45) is 0 Å². The molecular weight excluding hydrogens is 590 g/mol. The van der Waals surface area contributed by atoms with E-state index in [9.17, 15) is 9.59 Å². The number of carbonyl (C=O) groups is 2. The first-order valence-corrected chi connectivity index (χ1v) is 15.5. The first-order chi connectivity index (χ1) is 22.4. The average molecular weight is 630 g/mol. The number of hydrogen-bond donors (Lipinski definition) is 1. The minimum atomic E-state index is -1.06. The summed E-state index contributed by atoms with van der Waals surface area (Å²) in [6.07, 6.45) is 4.98. The molecule has 6 rings (SSSR count). The summed E-state index contributed by atoms with van der Waals surface area (Å²) in [5.74, 6) is 1.71. The summed E-state index contributed by atoms with van der Waals surface area (Å²) >= 11 is 0. The number of ether oxygens (including phenoxy) is 5. The Hall–Kier alpha value is -5.00. The van der Waals surface area contributed by atoms with E-state index in [4.69, 9.17) is 23.7 Å². The molecule has 2 atom stereocenters. The molecule has 0 bridgehead atoms. The normalized spacial score (nSPS) is 15.7. The van der Waals surface area contributed by atoms with Crippen molar-refractivity contribution >= 4 is 22.8 Å². The van der Waals surface area contributed by atoms with Crippen molar-refractivity contribution in [2.75, 3.05) is 28.1 Å². The molecule has 2 amide bonds. The molecule has 1 aromatic heterocycles. The topological polar surface area (TPSA) is 126 Å². The van der Waals surface area contributed by atoms with Gasteiger partial charge in [-0.3, -0.25) is 9.59 Å². The van der Waals surface area contributed by atoms with Gasteiger partial charge in [-0.2, -0.15) is 0 Å². The van der Waals surface area contributed by atoms with E-state index >= 15 is 0 Å². The van der Waals surface area contributed by atoms with Crippen LogP contribution in [0.3, 0.4) is 0 Å². The number of fused-ring (bicyclic) bond motifs is 2. The molecule has 1 saturated carbocycles. The second-order valence-electron chi connectivity index (χ2n) is 11.6. The minimum Gasteiger partial charge on any atom is -0.493 e. The number of amides is 2. The number of benzene rings is 3. The van der Waals surface area contributed by atoms with Crippen LogP contribution in [0.25, 0.3) is 11.0 Å². The summed E-state index contributed by atoms with van der Waals surface area (Å²) in [7, 11) is 4.56. The van der Waals surface area contributed by atoms with Crippen molar-refractivity contribution in [3.05, 3.63) is 65.7 Å². The molecule has 242 valence electrons. The maximum atomic E-state index is 14.8. The van der Waals surface area contributed by atoms with Crippen LogP contribution in [0.2, 0.25) is 0 Å². The van der Waals surface area contributed by atoms with Crippen molar-refractivity contribution in [1.29, 1.82) is 0 Å². The van der Waals surface area contributed by atoms with Crippen LogP contribution >= 0.6 is 0 Å². The van der Waals surface area contributed by atoms with Gasteiger partial charge in [0.15, 0.2) is 23.0 Å². The standard InChI is InChI=1S/C34H39N5O7/c1-21(39-26-13-9-8-12-25(26)36-37-39)34(41)38(19-22-14-15-27-28(16-22)46-20-45-27)31(33(40)35-24-10-6-5-7-11-24)23-17-29(42-2)32(44-4)30(18-23)43-3/h8-9,12-18,21,24,31H,5-7,10-11,19-20H2,1-4H3,(H,35,40)/t21-,31-/m0/s1. The lowest BCUT2D eigenvalue weighted by molar-refractivity contribution is -0.144. The highest BCUT2D eigenvalue weighted by atomic mass is 16.7. The minimum absolute atomic E-state index is 0.00460. The van der Waals surface area contributed by atoms with Gasteiger partial charge in [-0.05, 0) is 67.3 Å². The Balaban J connectivity index is 1.47. The SMILES string of the molecule is COc1cc([C@@H](C(=O)NC2CCCCC2)N(Cc2ccc3c(c2)OCO3)C(=O)[C@H](C)n2nnc3ccccc32)cc(OC)c1OC. The highest BCUT2D eigenvalue weighted by molar-refractivity contribution is 5.91. The molecule has 12 heteroatoms. The van der Waals surface area contributed by atoms with E-state index in [1.54, 1.807) is 28.6 Å². The third-order valence-electron chi connectivity index (χ3n) is 8.69. The fourth-order valence-corrected chi connectivity index (χ4v) is 6.31. The lowest BCUT2D eigenvalue weighted by Gasteiger charge is -2.35. The van der Waals surface area contributed by atoms with Crippen LogP contribution in [0, 0.1) is 0 Å². The number of nitrogens with zero attached hydrogens (tertiary/aromatic N) is 4. The summed E-state index contributed by atoms with van der Waals surface area (Å²) in [5.41, 5.74) is 2.65. The molecule has 1 fully saturated rings. The fourth-order valence-electron chi connectivity index (χ4n) is 6.31. The maximum absolute atomic E-state index is 14.8. The Kier molecular flexibility index (Phi) is 9.13. The van der Waals surface area contributed by atoms with Crippen molar-refractivity contribution in [3.8, 4) is 28.7 Å². The molecule has 1 aliphatic carbocycles. The van der Waals surface area contributed by atoms with E-state index in [-0.39, 0.29) is 31.2 Å². The Morgan fingerprint density at radius 1 is 0.957 bits per heavy atom. The highest BCUT2D eigenvalue weighted by Crippen LogP contribution is 2.42. The third-order valence-corrected chi connectivity index (χ3v) is 8.69. The monoisotopic (exact) mass is 629 g/mol. The Morgan fingerprint density at radius 2 is 1.67 bits per heavy atom. The van der Waals surface area contributed by atoms with E-state index in [2.05, 4.69) is 15.6 Å². The Morgan fingerprint density at radius 3 is 2.39 bits per heavy atom. The summed E-state index contributed by atoms with van der Waals surface area (Å²) < 4.78 is 29.7. The van der Waals surface area contributed by atoms with Crippen molar-refractivity contribution in [3.63, 3.8) is 0 Å². The molecule has 2 aliphatic rings. The molecular formula is C34H39N5O7. The first kappa shape index (κ1) is 31.0. The van der Waals surface area contributed by atoms with Crippen molar-refractivity contribution in [2.45, 2.75) is 63.7 Å². The summed E-state index contributed by atoms with van der Waals surface area (Å²) in [5, 5.41) is 11.9. The molecule has 3 aromatic carbocycles. The van der Waals surface area contributed by atoms with Crippen LogP contribution in [0.4, 0.5) is 0 Å². The summed E-state index contributed by atoms with van der Waals surface area (Å²) in [6.45, 7) is 1.98. The predicted octanol–water partition coefficient (Wildman–Crippen LogP) is 4.97. The van der Waals surface area contributed by atoms with Gasteiger partial charge in [-0.15, -0.1) is 5.10 Å². The number of methoxy groups -OCH3 is 3. The highest BCUT2D eigenvalue weighted by Gasteiger charge is 2.37. The Bertz CT molecular complexity index is 1690. The van der Waals surface area contributed by atoms with Crippen molar-refractivity contribution in [1.82, 2.24) is 25.2 Å². The van der Waals surface area contributed by atoms with Crippen LogP contribution in [-0.2, 0) is 16.1 Å². The maximum Gasteiger partial charge on any atom is 0.248 e. The number of hydrogen-bond acceptors (Lipinski definition) is 9. The molecule has 0 radical (unpaired) electrons. The van der Waals surface area contributed by atoms with Gasteiger partial charge in [0, 0.05) is 12.6 Å². The summed E-state index contributed by atoms with van der Waals surface area (Å²) in [4.78, 5) is 30.9. The molecule has 0 saturated heterocycles. The van der Waals surface area contributed by atoms with Crippen LogP contribution in [0.1, 0.15) is 62.2 Å². The molecule has 12 nitrogen and oxygen atoms in total. The zero-order valence-electron chi connectivity index (χ0n) is 26.5. The third kappa shape index (κ3) is 6.11. The van der Waals surface area contributed by atoms with Gasteiger partial charge in [0.2, 0.25) is 24.4 Å². The van der Waals surface area contributed by atoms with Gasteiger partial charge in [-0.1, -0.05) is 42.7 Å². The van der Waals surface area contributed by atoms with Crippen LogP contribution < -0.4 is 29.0 Å². The molecule has 0 spiro atoms. The lowest BCUT2D eigenvalue weighted by atomic mass is 9.94. The largest absolute Gasteiger partial charge is 0.493 e. The van der Waals surface area contributed by atoms with Crippen LogP contribution in [-0.4, -0.2) is 65.9 Å². The van der Waals surface area contributed by atoms with Crippen LogP contribution in [0.5, 0.6) is 28.7 Å². The van der Waals surface area contributed by atoms with E-state index in [1.165, 1.54) is 21.3 Å². The number of para-hydroxylation sites is 1. The van der Waals surface area contributed by atoms with Gasteiger partial charge in [0.05, 0.1) is 26.8 Å². The molecule has 46 heavy (non-hydrogen) atoms. The molecule has 1 N–H and O–H groups in total. The fraction of sp³-hybridized carbons (Fsp3) is 0.412. The van der Waals surface area contributed by atoms with E-state index < -0.39 is 12.1 Å². The molecule has 0 unspecified atom stereocenters. The number of aromatic nitrogens is 3. The zero-order chi connectivity index (χ0) is 32.2. The quantitative estimate of drug-likeness (QED) is 0.245. The van der Waals surface area contributed by atoms with Gasteiger partial charge in [-0.25, -0.2) is 4.68 Å². The van der Waals surface area contributed by atoms with Gasteiger partial charge in [0.1, 0.15) is 17.6 Å². The van der Waals surface area contributed by atoms with Gasteiger partial charge in [0.25, 0.3) is 0 Å². The number of nitrogens with one attached hydrogen (secondary N) is 1. The zero-order valence-corrected chi connectivity index (χ0v) is 26.5. The van der Waals surface area contributed by atoms with E-state index in [1.807, 2.05) is 42.5 Å².